The van der Waals surface area contributed by atoms with Gasteiger partial charge in [0.1, 0.15) is 0 Å². The van der Waals surface area contributed by atoms with E-state index in [1.54, 1.807) is 0 Å². The Kier molecular flexibility index (Phi) is 4.03. The number of benzene rings is 2. The Bertz CT molecular complexity index is 482. The lowest BCUT2D eigenvalue weighted by Crippen LogP contribution is -1.93. The summed E-state index contributed by atoms with van der Waals surface area (Å²) in [5.74, 6) is 0.649. The first-order valence-electron chi connectivity index (χ1n) is 6.62. The van der Waals surface area contributed by atoms with Crippen LogP contribution in [0.4, 0.5) is 5.69 Å². The highest BCUT2D eigenvalue weighted by molar-refractivity contribution is 5.40. The number of nitrogens with two attached hydrogens (primary N) is 1. The Morgan fingerprint density at radius 3 is 1.89 bits per heavy atom. The van der Waals surface area contributed by atoms with Gasteiger partial charge in [0.15, 0.2) is 0 Å². The molecule has 18 heavy (non-hydrogen) atoms. The number of nitrogen functional groups attached to an aromatic ring is 1. The lowest BCUT2D eigenvalue weighted by atomic mass is 9.96. The molecule has 0 saturated heterocycles. The van der Waals surface area contributed by atoms with E-state index in [1.807, 2.05) is 12.1 Å². The van der Waals surface area contributed by atoms with Crippen molar-refractivity contribution in [1.82, 2.24) is 0 Å². The molecule has 0 aliphatic rings. The van der Waals surface area contributed by atoms with Crippen LogP contribution in [0.2, 0.25) is 0 Å². The Balaban J connectivity index is 2.08. The fourth-order valence-electron chi connectivity index (χ4n) is 2.07. The molecule has 0 fully saturated rings. The van der Waals surface area contributed by atoms with Crippen molar-refractivity contribution >= 4 is 5.69 Å². The molecule has 1 atom stereocenters. The molecule has 2 aromatic rings. The van der Waals surface area contributed by atoms with E-state index in [4.69, 9.17) is 5.73 Å². The monoisotopic (exact) mass is 239 g/mol. The van der Waals surface area contributed by atoms with Gasteiger partial charge in [0.2, 0.25) is 0 Å². The predicted octanol–water partition coefficient (Wildman–Crippen LogP) is 4.37. The summed E-state index contributed by atoms with van der Waals surface area (Å²) in [7, 11) is 0. The first-order valence-corrected chi connectivity index (χ1v) is 6.62. The lowest BCUT2D eigenvalue weighted by molar-refractivity contribution is 0.733. The molecule has 1 heteroatoms. The first kappa shape index (κ1) is 12.7. The second-order valence-electron chi connectivity index (χ2n) is 4.97. The first-order chi connectivity index (χ1) is 8.69. The van der Waals surface area contributed by atoms with Crippen molar-refractivity contribution in [2.75, 3.05) is 5.73 Å². The predicted molar refractivity (Wildman–Crippen MR) is 78.8 cm³/mol. The molecular weight excluding hydrogens is 218 g/mol. The van der Waals surface area contributed by atoms with Crippen LogP contribution in [-0.2, 0) is 6.42 Å². The van der Waals surface area contributed by atoms with E-state index in [9.17, 15) is 0 Å². The average Bonchev–Trinajstić information content (AvgIpc) is 2.41. The average molecular weight is 239 g/mol. The Hall–Kier alpha value is -1.76. The lowest BCUT2D eigenvalue weighted by Gasteiger charge is -2.10. The van der Waals surface area contributed by atoms with Crippen LogP contribution in [0.15, 0.2) is 48.5 Å². The molecule has 0 bridgehead atoms. The summed E-state index contributed by atoms with van der Waals surface area (Å²) < 4.78 is 0. The molecule has 0 saturated carbocycles. The molecule has 1 unspecified atom stereocenters. The summed E-state index contributed by atoms with van der Waals surface area (Å²) in [4.78, 5) is 0. The highest BCUT2D eigenvalue weighted by Gasteiger charge is 2.02. The summed E-state index contributed by atoms with van der Waals surface area (Å²) in [6, 6.07) is 17.1. The number of hydrogen-bond acceptors (Lipinski definition) is 1. The van der Waals surface area contributed by atoms with Gasteiger partial charge in [0.25, 0.3) is 0 Å². The fourth-order valence-corrected chi connectivity index (χ4v) is 2.07. The molecule has 0 heterocycles. The van der Waals surface area contributed by atoms with Crippen LogP contribution in [0.25, 0.3) is 0 Å². The van der Waals surface area contributed by atoms with Crippen LogP contribution in [0.3, 0.4) is 0 Å². The zero-order valence-corrected chi connectivity index (χ0v) is 11.2. The van der Waals surface area contributed by atoms with Gasteiger partial charge in [-0.1, -0.05) is 50.2 Å². The minimum Gasteiger partial charge on any atom is -0.399 e. The van der Waals surface area contributed by atoms with Gasteiger partial charge in [-0.25, -0.2) is 0 Å². The normalized spacial score (nSPS) is 12.3. The van der Waals surface area contributed by atoms with Crippen molar-refractivity contribution in [1.29, 1.82) is 0 Å². The largest absolute Gasteiger partial charge is 0.399 e. The third-order valence-corrected chi connectivity index (χ3v) is 3.55. The van der Waals surface area contributed by atoms with Gasteiger partial charge in [0.05, 0.1) is 0 Å². The SMILES string of the molecule is CCC(C)c1ccc(Cc2ccc(N)cc2)cc1. The zero-order valence-electron chi connectivity index (χ0n) is 11.2. The van der Waals surface area contributed by atoms with Gasteiger partial charge in [-0.05, 0) is 47.6 Å². The summed E-state index contributed by atoms with van der Waals surface area (Å²) in [5, 5.41) is 0. The van der Waals surface area contributed by atoms with Gasteiger partial charge in [0, 0.05) is 5.69 Å². The van der Waals surface area contributed by atoms with E-state index in [0.717, 1.165) is 12.1 Å². The van der Waals surface area contributed by atoms with Crippen molar-refractivity contribution in [3.63, 3.8) is 0 Å². The molecule has 0 aliphatic heterocycles. The molecule has 0 aromatic heterocycles. The van der Waals surface area contributed by atoms with Crippen molar-refractivity contribution in [3.05, 3.63) is 65.2 Å². The van der Waals surface area contributed by atoms with Crippen LogP contribution >= 0.6 is 0 Å². The maximum atomic E-state index is 5.69. The van der Waals surface area contributed by atoms with E-state index >= 15 is 0 Å². The third kappa shape index (κ3) is 3.13. The molecule has 0 radical (unpaired) electrons. The van der Waals surface area contributed by atoms with Gasteiger partial charge in [-0.15, -0.1) is 0 Å². The quantitative estimate of drug-likeness (QED) is 0.788. The molecule has 0 spiro atoms. The van der Waals surface area contributed by atoms with Crippen LogP contribution in [0.1, 0.15) is 42.9 Å². The summed E-state index contributed by atoms with van der Waals surface area (Å²) in [6.45, 7) is 4.50. The van der Waals surface area contributed by atoms with E-state index in [1.165, 1.54) is 23.1 Å². The molecule has 1 nitrogen and oxygen atoms in total. The molecule has 0 aliphatic carbocycles. The molecule has 2 N–H and O–H groups in total. The van der Waals surface area contributed by atoms with Crippen LogP contribution < -0.4 is 5.73 Å². The second kappa shape index (κ2) is 5.72. The molecule has 2 rings (SSSR count). The second-order valence-corrected chi connectivity index (χ2v) is 4.97. The number of rotatable bonds is 4. The molecule has 94 valence electrons. The van der Waals surface area contributed by atoms with Gasteiger partial charge < -0.3 is 5.73 Å². The van der Waals surface area contributed by atoms with E-state index in [0.29, 0.717) is 5.92 Å². The smallest absolute Gasteiger partial charge is 0.0314 e. The maximum absolute atomic E-state index is 5.69. The summed E-state index contributed by atoms with van der Waals surface area (Å²) in [5.41, 5.74) is 10.6. The highest BCUT2D eigenvalue weighted by Crippen LogP contribution is 2.20. The Morgan fingerprint density at radius 1 is 0.889 bits per heavy atom. The Labute approximate surface area is 110 Å². The highest BCUT2D eigenvalue weighted by atomic mass is 14.5. The van der Waals surface area contributed by atoms with E-state index in [-0.39, 0.29) is 0 Å². The minimum atomic E-state index is 0.649. The summed E-state index contributed by atoms with van der Waals surface area (Å²) in [6.07, 6.45) is 2.17. The standard InChI is InChI=1S/C17H21N/c1-3-13(2)16-8-4-14(5-9-16)12-15-6-10-17(18)11-7-15/h4-11,13H,3,12,18H2,1-2H3. The maximum Gasteiger partial charge on any atom is 0.0314 e. The van der Waals surface area contributed by atoms with Gasteiger partial charge >= 0.3 is 0 Å². The van der Waals surface area contributed by atoms with E-state index < -0.39 is 0 Å². The minimum absolute atomic E-state index is 0.649. The van der Waals surface area contributed by atoms with Crippen LogP contribution in [0.5, 0.6) is 0 Å². The number of anilines is 1. The van der Waals surface area contributed by atoms with E-state index in [2.05, 4.69) is 50.2 Å². The molecule has 2 aromatic carbocycles. The summed E-state index contributed by atoms with van der Waals surface area (Å²) >= 11 is 0. The molecular formula is C17H21N. The van der Waals surface area contributed by atoms with Crippen LogP contribution in [-0.4, -0.2) is 0 Å². The van der Waals surface area contributed by atoms with Crippen LogP contribution in [0, 0.1) is 0 Å². The van der Waals surface area contributed by atoms with Crippen molar-refractivity contribution in [2.45, 2.75) is 32.6 Å². The topological polar surface area (TPSA) is 26.0 Å². The van der Waals surface area contributed by atoms with Crippen molar-refractivity contribution in [2.24, 2.45) is 0 Å². The fraction of sp³-hybridized carbons (Fsp3) is 0.294. The Morgan fingerprint density at radius 2 is 1.39 bits per heavy atom. The third-order valence-electron chi connectivity index (χ3n) is 3.55. The zero-order chi connectivity index (χ0) is 13.0. The molecule has 0 amide bonds. The van der Waals surface area contributed by atoms with Gasteiger partial charge in [-0.2, -0.15) is 0 Å². The number of hydrogen-bond donors (Lipinski definition) is 1. The van der Waals surface area contributed by atoms with Crippen molar-refractivity contribution < 1.29 is 0 Å². The van der Waals surface area contributed by atoms with Gasteiger partial charge in [-0.3, -0.25) is 0 Å². The van der Waals surface area contributed by atoms with Crippen molar-refractivity contribution in [3.8, 4) is 0 Å².